The number of benzene rings is 1. The Bertz CT molecular complexity index is 608. The Kier molecular flexibility index (Phi) is 3.90. The van der Waals surface area contributed by atoms with E-state index in [1.165, 1.54) is 11.8 Å². The molecule has 1 unspecified atom stereocenters. The number of para-hydroxylation sites is 1. The van der Waals surface area contributed by atoms with Crippen LogP contribution in [0.2, 0.25) is 0 Å². The topological polar surface area (TPSA) is 73.8 Å². The molecule has 1 aromatic heterocycles. The van der Waals surface area contributed by atoms with Crippen LogP contribution >= 0.6 is 11.8 Å². The zero-order chi connectivity index (χ0) is 14.0. The van der Waals surface area contributed by atoms with Crippen LogP contribution in [0.4, 0.5) is 0 Å². The van der Waals surface area contributed by atoms with Gasteiger partial charge >= 0.3 is 0 Å². The van der Waals surface area contributed by atoms with Gasteiger partial charge in [0.15, 0.2) is 5.16 Å². The van der Waals surface area contributed by atoms with Gasteiger partial charge in [-0.05, 0) is 32.4 Å². The summed E-state index contributed by atoms with van der Waals surface area (Å²) in [6, 6.07) is 7.98. The molecule has 0 fully saturated rings. The summed E-state index contributed by atoms with van der Waals surface area (Å²) in [6.45, 7) is 5.68. The van der Waals surface area contributed by atoms with Gasteiger partial charge in [0.25, 0.3) is 0 Å². The first-order chi connectivity index (χ1) is 9.00. The summed E-state index contributed by atoms with van der Waals surface area (Å²) >= 11 is 1.32. The molecular formula is C13H16N4OS. The Balaban J connectivity index is 2.44. The maximum Gasteiger partial charge on any atom is 0.230 e. The Morgan fingerprint density at radius 3 is 2.63 bits per heavy atom. The lowest BCUT2D eigenvalue weighted by Gasteiger charge is -2.12. The van der Waals surface area contributed by atoms with Crippen LogP contribution in [0.15, 0.2) is 29.4 Å². The van der Waals surface area contributed by atoms with E-state index in [1.807, 2.05) is 42.7 Å². The largest absolute Gasteiger partial charge is 0.369 e. The molecule has 1 amide bonds. The molecule has 0 bridgehead atoms. The van der Waals surface area contributed by atoms with Crippen molar-refractivity contribution in [1.29, 1.82) is 0 Å². The highest BCUT2D eigenvalue weighted by Crippen LogP contribution is 2.26. The fourth-order valence-corrected chi connectivity index (χ4v) is 2.58. The number of aromatic nitrogens is 3. The summed E-state index contributed by atoms with van der Waals surface area (Å²) in [6.07, 6.45) is 0. The van der Waals surface area contributed by atoms with Crippen LogP contribution in [0.1, 0.15) is 18.3 Å². The summed E-state index contributed by atoms with van der Waals surface area (Å²) in [7, 11) is 0. The van der Waals surface area contributed by atoms with Crippen molar-refractivity contribution in [3.05, 3.63) is 35.7 Å². The number of primary amides is 1. The van der Waals surface area contributed by atoms with E-state index in [1.54, 1.807) is 6.92 Å². The first-order valence-electron chi connectivity index (χ1n) is 5.94. The minimum atomic E-state index is -0.359. The Hall–Kier alpha value is -1.82. The number of aryl methyl sites for hydroxylation is 2. The van der Waals surface area contributed by atoms with E-state index in [0.29, 0.717) is 5.16 Å². The molecule has 0 spiro atoms. The lowest BCUT2D eigenvalue weighted by atomic mass is 10.2. The quantitative estimate of drug-likeness (QED) is 0.865. The van der Waals surface area contributed by atoms with Gasteiger partial charge in [0, 0.05) is 0 Å². The third-order valence-corrected chi connectivity index (χ3v) is 3.90. The summed E-state index contributed by atoms with van der Waals surface area (Å²) in [4.78, 5) is 11.2. The molecule has 0 saturated heterocycles. The number of nitrogens with zero attached hydrogens (tertiary/aromatic N) is 3. The number of carbonyl (C=O) groups is 1. The second kappa shape index (κ2) is 5.44. The molecule has 2 aromatic rings. The monoisotopic (exact) mass is 276 g/mol. The smallest absolute Gasteiger partial charge is 0.230 e. The van der Waals surface area contributed by atoms with Crippen molar-refractivity contribution >= 4 is 17.7 Å². The average Bonchev–Trinajstić information content (AvgIpc) is 2.71. The molecule has 5 nitrogen and oxygen atoms in total. The van der Waals surface area contributed by atoms with E-state index in [4.69, 9.17) is 5.73 Å². The Labute approximate surface area is 116 Å². The van der Waals surface area contributed by atoms with Crippen molar-refractivity contribution in [2.24, 2.45) is 5.73 Å². The van der Waals surface area contributed by atoms with Gasteiger partial charge in [-0.25, -0.2) is 0 Å². The maximum atomic E-state index is 11.2. The molecule has 0 aliphatic carbocycles. The summed E-state index contributed by atoms with van der Waals surface area (Å²) in [5.74, 6) is 0.426. The van der Waals surface area contributed by atoms with Crippen LogP contribution in [0, 0.1) is 13.8 Å². The normalized spacial score (nSPS) is 12.4. The van der Waals surface area contributed by atoms with Crippen molar-refractivity contribution < 1.29 is 4.79 Å². The van der Waals surface area contributed by atoms with Crippen LogP contribution < -0.4 is 5.73 Å². The molecule has 100 valence electrons. The van der Waals surface area contributed by atoms with Crippen molar-refractivity contribution in [3.63, 3.8) is 0 Å². The summed E-state index contributed by atoms with van der Waals surface area (Å²) in [5, 5.41) is 8.55. The highest BCUT2D eigenvalue weighted by atomic mass is 32.2. The average molecular weight is 276 g/mol. The molecule has 1 heterocycles. The predicted molar refractivity (Wildman–Crippen MR) is 75.3 cm³/mol. The van der Waals surface area contributed by atoms with Gasteiger partial charge in [0.1, 0.15) is 5.82 Å². The van der Waals surface area contributed by atoms with Crippen LogP contribution in [-0.4, -0.2) is 25.9 Å². The second-order valence-electron chi connectivity index (χ2n) is 4.31. The zero-order valence-corrected chi connectivity index (χ0v) is 11.9. The molecule has 1 atom stereocenters. The van der Waals surface area contributed by atoms with E-state index >= 15 is 0 Å². The van der Waals surface area contributed by atoms with Gasteiger partial charge in [-0.3, -0.25) is 9.36 Å². The molecule has 0 saturated carbocycles. The molecule has 0 aliphatic heterocycles. The SMILES string of the molecule is Cc1ccccc1-n1c(C)nnc1SC(C)C(N)=O. The summed E-state index contributed by atoms with van der Waals surface area (Å²) in [5.41, 5.74) is 7.43. The fraction of sp³-hybridized carbons (Fsp3) is 0.308. The summed E-state index contributed by atoms with van der Waals surface area (Å²) < 4.78 is 1.94. The van der Waals surface area contributed by atoms with Gasteiger partial charge in [-0.1, -0.05) is 30.0 Å². The zero-order valence-electron chi connectivity index (χ0n) is 11.1. The first-order valence-corrected chi connectivity index (χ1v) is 6.82. The van der Waals surface area contributed by atoms with E-state index in [9.17, 15) is 4.79 Å². The van der Waals surface area contributed by atoms with Gasteiger partial charge in [-0.2, -0.15) is 0 Å². The maximum absolute atomic E-state index is 11.2. The number of carbonyl (C=O) groups excluding carboxylic acids is 1. The number of amides is 1. The lowest BCUT2D eigenvalue weighted by Crippen LogP contribution is -2.23. The number of thioether (sulfide) groups is 1. The lowest BCUT2D eigenvalue weighted by molar-refractivity contribution is -0.117. The third kappa shape index (κ3) is 2.78. The van der Waals surface area contributed by atoms with E-state index in [0.717, 1.165) is 17.1 Å². The molecule has 2 rings (SSSR count). The van der Waals surface area contributed by atoms with Gasteiger partial charge < -0.3 is 5.73 Å². The highest BCUT2D eigenvalue weighted by molar-refractivity contribution is 8.00. The van der Waals surface area contributed by atoms with Crippen LogP contribution in [0.25, 0.3) is 5.69 Å². The molecular weight excluding hydrogens is 260 g/mol. The van der Waals surface area contributed by atoms with Crippen molar-refractivity contribution in [3.8, 4) is 5.69 Å². The minimum absolute atomic E-state index is 0.341. The third-order valence-electron chi connectivity index (χ3n) is 2.83. The molecule has 6 heteroatoms. The van der Waals surface area contributed by atoms with Crippen molar-refractivity contribution in [1.82, 2.24) is 14.8 Å². The predicted octanol–water partition coefficient (Wildman–Crippen LogP) is 1.85. The molecule has 19 heavy (non-hydrogen) atoms. The number of rotatable bonds is 4. The second-order valence-corrected chi connectivity index (χ2v) is 5.62. The molecule has 0 radical (unpaired) electrons. The Morgan fingerprint density at radius 1 is 1.32 bits per heavy atom. The molecule has 0 aliphatic rings. The van der Waals surface area contributed by atoms with E-state index in [-0.39, 0.29) is 11.2 Å². The van der Waals surface area contributed by atoms with Crippen molar-refractivity contribution in [2.75, 3.05) is 0 Å². The highest BCUT2D eigenvalue weighted by Gasteiger charge is 2.18. The van der Waals surface area contributed by atoms with Gasteiger partial charge in [-0.15, -0.1) is 10.2 Å². The number of hydrogen-bond acceptors (Lipinski definition) is 4. The number of hydrogen-bond donors (Lipinski definition) is 1. The fourth-order valence-electron chi connectivity index (χ4n) is 1.73. The molecule has 2 N–H and O–H groups in total. The van der Waals surface area contributed by atoms with Crippen LogP contribution in [0.5, 0.6) is 0 Å². The van der Waals surface area contributed by atoms with E-state index < -0.39 is 0 Å². The van der Waals surface area contributed by atoms with Gasteiger partial charge in [0.05, 0.1) is 10.9 Å². The standard InChI is InChI=1S/C13H16N4OS/c1-8-6-4-5-7-11(8)17-10(3)15-16-13(17)19-9(2)12(14)18/h4-7,9H,1-3H3,(H2,14,18). The Morgan fingerprint density at radius 2 is 2.00 bits per heavy atom. The van der Waals surface area contributed by atoms with Crippen LogP contribution in [-0.2, 0) is 4.79 Å². The minimum Gasteiger partial charge on any atom is -0.369 e. The van der Waals surface area contributed by atoms with Gasteiger partial charge in [0.2, 0.25) is 5.91 Å². The van der Waals surface area contributed by atoms with E-state index in [2.05, 4.69) is 10.2 Å². The first kappa shape index (κ1) is 13.6. The molecule has 1 aromatic carbocycles. The number of nitrogens with two attached hydrogens (primary N) is 1. The van der Waals surface area contributed by atoms with Crippen molar-refractivity contribution in [2.45, 2.75) is 31.2 Å². The van der Waals surface area contributed by atoms with Crippen LogP contribution in [0.3, 0.4) is 0 Å².